The van der Waals surface area contributed by atoms with Gasteiger partial charge >= 0.3 is 0 Å². The zero-order valence-electron chi connectivity index (χ0n) is 12.9. The molecule has 0 aliphatic heterocycles. The lowest BCUT2D eigenvalue weighted by Crippen LogP contribution is -2.14. The molecule has 0 spiro atoms. The lowest BCUT2D eigenvalue weighted by molar-refractivity contribution is 0.102. The summed E-state index contributed by atoms with van der Waals surface area (Å²) < 4.78 is 5.35. The van der Waals surface area contributed by atoms with E-state index in [0.717, 1.165) is 5.69 Å². The van der Waals surface area contributed by atoms with Gasteiger partial charge in [0.2, 0.25) is 0 Å². The van der Waals surface area contributed by atoms with Crippen molar-refractivity contribution in [2.75, 3.05) is 12.4 Å². The van der Waals surface area contributed by atoms with Crippen LogP contribution in [0.5, 0.6) is 5.75 Å². The summed E-state index contributed by atoms with van der Waals surface area (Å²) in [6, 6.07) is 3.47. The lowest BCUT2D eigenvalue weighted by Gasteiger charge is -2.13. The van der Waals surface area contributed by atoms with Gasteiger partial charge in [0.15, 0.2) is 5.13 Å². The van der Waals surface area contributed by atoms with Gasteiger partial charge in [-0.1, -0.05) is 11.6 Å². The SMILES string of the molecule is COc1cnc(Cl)cc1-c1cc(C)ncc1C(=O)Nc1nccs1. The monoisotopic (exact) mass is 360 g/mol. The summed E-state index contributed by atoms with van der Waals surface area (Å²) in [6.07, 6.45) is 4.68. The minimum atomic E-state index is -0.303. The van der Waals surface area contributed by atoms with Gasteiger partial charge in [-0.15, -0.1) is 11.3 Å². The number of anilines is 1. The molecule has 6 nitrogen and oxygen atoms in total. The Balaban J connectivity index is 2.09. The van der Waals surface area contributed by atoms with Crippen LogP contribution in [-0.4, -0.2) is 28.0 Å². The number of aromatic nitrogens is 3. The number of carbonyl (C=O) groups is 1. The molecule has 3 aromatic rings. The molecule has 3 aromatic heterocycles. The number of amides is 1. The van der Waals surface area contributed by atoms with Crippen LogP contribution in [-0.2, 0) is 0 Å². The second-order valence-corrected chi connectivity index (χ2v) is 6.15. The smallest absolute Gasteiger partial charge is 0.259 e. The van der Waals surface area contributed by atoms with E-state index in [1.165, 1.54) is 30.8 Å². The van der Waals surface area contributed by atoms with E-state index >= 15 is 0 Å². The van der Waals surface area contributed by atoms with Crippen LogP contribution in [0, 0.1) is 6.92 Å². The van der Waals surface area contributed by atoms with Crippen molar-refractivity contribution in [2.45, 2.75) is 6.92 Å². The Morgan fingerprint density at radius 2 is 2.04 bits per heavy atom. The Morgan fingerprint density at radius 1 is 1.21 bits per heavy atom. The van der Waals surface area contributed by atoms with Crippen molar-refractivity contribution in [1.29, 1.82) is 0 Å². The number of carbonyl (C=O) groups excluding carboxylic acids is 1. The van der Waals surface area contributed by atoms with Gasteiger partial charge in [0, 0.05) is 34.6 Å². The maximum atomic E-state index is 12.6. The largest absolute Gasteiger partial charge is 0.494 e. The molecule has 122 valence electrons. The number of ether oxygens (including phenoxy) is 1. The highest BCUT2D eigenvalue weighted by Gasteiger charge is 2.18. The number of pyridine rings is 2. The molecule has 0 saturated carbocycles. The number of rotatable bonds is 4. The van der Waals surface area contributed by atoms with Crippen LogP contribution >= 0.6 is 22.9 Å². The highest BCUT2D eigenvalue weighted by molar-refractivity contribution is 7.13. The zero-order chi connectivity index (χ0) is 17.1. The standard InChI is InChI=1S/C16H13ClN4O2S/c1-9-5-10(11-6-14(17)20-8-13(11)23-2)12(7-19-9)15(22)21-16-18-3-4-24-16/h3-8H,1-2H3,(H,18,21,22). The van der Waals surface area contributed by atoms with Crippen molar-refractivity contribution in [1.82, 2.24) is 15.0 Å². The van der Waals surface area contributed by atoms with Crippen LogP contribution in [0.4, 0.5) is 5.13 Å². The van der Waals surface area contributed by atoms with Gasteiger partial charge < -0.3 is 4.74 Å². The third-order valence-electron chi connectivity index (χ3n) is 3.28. The van der Waals surface area contributed by atoms with E-state index in [1.807, 2.05) is 13.0 Å². The average Bonchev–Trinajstić information content (AvgIpc) is 3.07. The molecule has 1 amide bonds. The molecular weight excluding hydrogens is 348 g/mol. The van der Waals surface area contributed by atoms with Crippen molar-refractivity contribution < 1.29 is 9.53 Å². The van der Waals surface area contributed by atoms with E-state index in [0.29, 0.717) is 32.7 Å². The zero-order valence-corrected chi connectivity index (χ0v) is 14.5. The molecule has 0 fully saturated rings. The highest BCUT2D eigenvalue weighted by Crippen LogP contribution is 2.34. The van der Waals surface area contributed by atoms with Crippen LogP contribution in [0.15, 0.2) is 36.1 Å². The first-order valence-corrected chi connectivity index (χ1v) is 8.21. The average molecular weight is 361 g/mol. The minimum absolute atomic E-state index is 0.303. The lowest BCUT2D eigenvalue weighted by atomic mass is 10.0. The molecule has 0 aliphatic carbocycles. The van der Waals surface area contributed by atoms with Gasteiger partial charge in [0.25, 0.3) is 5.91 Å². The first kappa shape index (κ1) is 16.4. The Hall–Kier alpha value is -2.51. The Kier molecular flexibility index (Phi) is 4.73. The van der Waals surface area contributed by atoms with Crippen molar-refractivity contribution in [3.8, 4) is 16.9 Å². The van der Waals surface area contributed by atoms with E-state index in [1.54, 1.807) is 17.6 Å². The molecule has 0 aromatic carbocycles. The van der Waals surface area contributed by atoms with Crippen LogP contribution < -0.4 is 10.1 Å². The van der Waals surface area contributed by atoms with Gasteiger partial charge in [0.05, 0.1) is 18.9 Å². The molecular formula is C16H13ClN4O2S. The maximum Gasteiger partial charge on any atom is 0.259 e. The second-order valence-electron chi connectivity index (χ2n) is 4.87. The van der Waals surface area contributed by atoms with Gasteiger partial charge in [-0.25, -0.2) is 9.97 Å². The van der Waals surface area contributed by atoms with Gasteiger partial charge in [0.1, 0.15) is 10.9 Å². The molecule has 0 radical (unpaired) electrons. The van der Waals surface area contributed by atoms with E-state index < -0.39 is 0 Å². The fourth-order valence-electron chi connectivity index (χ4n) is 2.20. The van der Waals surface area contributed by atoms with Crippen LogP contribution in [0.25, 0.3) is 11.1 Å². The van der Waals surface area contributed by atoms with Gasteiger partial charge in [-0.3, -0.25) is 15.1 Å². The van der Waals surface area contributed by atoms with E-state index in [9.17, 15) is 4.79 Å². The predicted octanol–water partition coefficient (Wildman–Crippen LogP) is 3.82. The summed E-state index contributed by atoms with van der Waals surface area (Å²) in [6.45, 7) is 1.85. The second kappa shape index (κ2) is 6.94. The number of aryl methyl sites for hydroxylation is 1. The summed E-state index contributed by atoms with van der Waals surface area (Å²) in [5.41, 5.74) is 2.51. The number of nitrogens with one attached hydrogen (secondary N) is 1. The Morgan fingerprint density at radius 3 is 2.75 bits per heavy atom. The van der Waals surface area contributed by atoms with E-state index in [2.05, 4.69) is 20.3 Å². The third kappa shape index (κ3) is 3.37. The summed E-state index contributed by atoms with van der Waals surface area (Å²) in [7, 11) is 1.54. The molecule has 3 heterocycles. The topological polar surface area (TPSA) is 77.0 Å². The van der Waals surface area contributed by atoms with Crippen molar-refractivity contribution >= 4 is 34.0 Å². The number of hydrogen-bond acceptors (Lipinski definition) is 6. The van der Waals surface area contributed by atoms with Crippen molar-refractivity contribution in [3.05, 3.63) is 52.5 Å². The maximum absolute atomic E-state index is 12.6. The van der Waals surface area contributed by atoms with Gasteiger partial charge in [-0.05, 0) is 19.1 Å². The molecule has 0 atom stereocenters. The molecule has 3 rings (SSSR count). The minimum Gasteiger partial charge on any atom is -0.494 e. The Bertz CT molecular complexity index is 884. The molecule has 0 saturated heterocycles. The Labute approximate surface area is 147 Å². The highest BCUT2D eigenvalue weighted by atomic mass is 35.5. The summed E-state index contributed by atoms with van der Waals surface area (Å²) in [5, 5.41) is 5.38. The third-order valence-corrected chi connectivity index (χ3v) is 4.18. The molecule has 0 bridgehead atoms. The number of nitrogens with zero attached hydrogens (tertiary/aromatic N) is 3. The fourth-order valence-corrected chi connectivity index (χ4v) is 2.89. The molecule has 0 unspecified atom stereocenters. The number of hydrogen-bond donors (Lipinski definition) is 1. The first-order valence-electron chi connectivity index (χ1n) is 6.96. The molecule has 24 heavy (non-hydrogen) atoms. The van der Waals surface area contributed by atoms with E-state index in [-0.39, 0.29) is 5.91 Å². The quantitative estimate of drug-likeness (QED) is 0.715. The van der Waals surface area contributed by atoms with Gasteiger partial charge in [-0.2, -0.15) is 0 Å². The summed E-state index contributed by atoms with van der Waals surface area (Å²) >= 11 is 7.36. The normalized spacial score (nSPS) is 10.5. The number of methoxy groups -OCH3 is 1. The first-order chi connectivity index (χ1) is 11.6. The van der Waals surface area contributed by atoms with Crippen LogP contribution in [0.3, 0.4) is 0 Å². The summed E-state index contributed by atoms with van der Waals surface area (Å²) in [4.78, 5) is 24.9. The molecule has 1 N–H and O–H groups in total. The van der Waals surface area contributed by atoms with Crippen LogP contribution in [0.2, 0.25) is 5.15 Å². The molecule has 8 heteroatoms. The van der Waals surface area contributed by atoms with Crippen molar-refractivity contribution in [3.63, 3.8) is 0 Å². The molecule has 0 aliphatic rings. The predicted molar refractivity (Wildman–Crippen MR) is 93.8 cm³/mol. The number of halogens is 1. The van der Waals surface area contributed by atoms with Crippen LogP contribution in [0.1, 0.15) is 16.1 Å². The van der Waals surface area contributed by atoms with E-state index in [4.69, 9.17) is 16.3 Å². The summed E-state index contributed by atoms with van der Waals surface area (Å²) in [5.74, 6) is 0.218. The fraction of sp³-hybridized carbons (Fsp3) is 0.125. The van der Waals surface area contributed by atoms with Crippen molar-refractivity contribution in [2.24, 2.45) is 0 Å². The number of thiazole rings is 1.